The zero-order chi connectivity index (χ0) is 14.1. The van der Waals surface area contributed by atoms with E-state index in [4.69, 9.17) is 0 Å². The van der Waals surface area contributed by atoms with E-state index in [2.05, 4.69) is 26.1 Å². The second kappa shape index (κ2) is 5.86. The molecule has 1 aliphatic heterocycles. The van der Waals surface area contributed by atoms with Gasteiger partial charge in [0.1, 0.15) is 0 Å². The van der Waals surface area contributed by atoms with Crippen molar-refractivity contribution in [3.8, 4) is 0 Å². The smallest absolute Gasteiger partial charge is 0.252 e. The van der Waals surface area contributed by atoms with Crippen LogP contribution < -0.4 is 5.32 Å². The number of nitrogens with zero attached hydrogens (tertiary/aromatic N) is 1. The maximum Gasteiger partial charge on any atom is 0.252 e. The summed E-state index contributed by atoms with van der Waals surface area (Å²) in [6.45, 7) is 4.27. The first-order valence-electron chi connectivity index (χ1n) is 7.44. The molecular formula is C16H21BrN2O. The number of benzene rings is 1. The lowest BCUT2D eigenvalue weighted by Gasteiger charge is -2.32. The first kappa shape index (κ1) is 14.1. The van der Waals surface area contributed by atoms with Crippen LogP contribution in [0.25, 0.3) is 0 Å². The molecule has 3 rings (SSSR count). The van der Waals surface area contributed by atoms with Crippen molar-refractivity contribution in [2.24, 2.45) is 0 Å². The van der Waals surface area contributed by atoms with Gasteiger partial charge in [-0.15, -0.1) is 0 Å². The van der Waals surface area contributed by atoms with Crippen LogP contribution >= 0.6 is 15.9 Å². The zero-order valence-corrected chi connectivity index (χ0v) is 13.4. The van der Waals surface area contributed by atoms with E-state index < -0.39 is 0 Å². The summed E-state index contributed by atoms with van der Waals surface area (Å²) in [5.74, 6) is 0.0467. The topological polar surface area (TPSA) is 32.3 Å². The molecule has 108 valence electrons. The highest BCUT2D eigenvalue weighted by atomic mass is 79.9. The molecule has 1 amide bonds. The van der Waals surface area contributed by atoms with Gasteiger partial charge in [0.2, 0.25) is 0 Å². The van der Waals surface area contributed by atoms with Crippen LogP contribution in [-0.4, -0.2) is 36.0 Å². The highest BCUT2D eigenvalue weighted by Gasteiger charge is 2.32. The third-order valence-corrected chi connectivity index (χ3v) is 4.99. The van der Waals surface area contributed by atoms with Gasteiger partial charge < -0.3 is 10.2 Å². The summed E-state index contributed by atoms with van der Waals surface area (Å²) >= 11 is 3.46. The molecule has 1 aromatic rings. The molecule has 1 saturated carbocycles. The van der Waals surface area contributed by atoms with Crippen LogP contribution in [0, 0.1) is 6.92 Å². The van der Waals surface area contributed by atoms with E-state index >= 15 is 0 Å². The van der Waals surface area contributed by atoms with Crippen LogP contribution in [0.15, 0.2) is 22.7 Å². The summed E-state index contributed by atoms with van der Waals surface area (Å²) in [5, 5.41) is 3.19. The van der Waals surface area contributed by atoms with Gasteiger partial charge in [-0.1, -0.05) is 11.6 Å². The number of amides is 1. The largest absolute Gasteiger partial charge is 0.349 e. The van der Waals surface area contributed by atoms with Gasteiger partial charge in [-0.2, -0.15) is 0 Å². The van der Waals surface area contributed by atoms with Crippen molar-refractivity contribution in [3.63, 3.8) is 0 Å². The van der Waals surface area contributed by atoms with Gasteiger partial charge in [-0.3, -0.25) is 4.79 Å². The molecule has 1 saturated heterocycles. The van der Waals surface area contributed by atoms with E-state index in [0.29, 0.717) is 6.04 Å². The molecule has 2 aliphatic rings. The van der Waals surface area contributed by atoms with Gasteiger partial charge >= 0.3 is 0 Å². The zero-order valence-electron chi connectivity index (χ0n) is 11.9. The Morgan fingerprint density at radius 3 is 2.60 bits per heavy atom. The number of carbonyl (C=O) groups excluding carboxylic acids is 1. The third-order valence-electron chi connectivity index (χ3n) is 4.29. The van der Waals surface area contributed by atoms with Gasteiger partial charge in [0.05, 0.1) is 5.56 Å². The van der Waals surface area contributed by atoms with E-state index in [-0.39, 0.29) is 5.91 Å². The van der Waals surface area contributed by atoms with E-state index in [9.17, 15) is 4.79 Å². The number of halogens is 1. The number of piperidine rings is 1. The average molecular weight is 337 g/mol. The summed E-state index contributed by atoms with van der Waals surface area (Å²) in [6.07, 6.45) is 4.89. The molecule has 1 N–H and O–H groups in total. The fourth-order valence-electron chi connectivity index (χ4n) is 2.92. The minimum Gasteiger partial charge on any atom is -0.349 e. The number of aryl methyl sites for hydroxylation is 1. The lowest BCUT2D eigenvalue weighted by atomic mass is 10.0. The molecule has 1 aliphatic carbocycles. The molecule has 20 heavy (non-hydrogen) atoms. The molecule has 0 unspecified atom stereocenters. The highest BCUT2D eigenvalue weighted by molar-refractivity contribution is 9.10. The standard InChI is InChI=1S/C16H21BrN2O/c1-11-2-5-15(17)14(10-11)16(20)18-12-6-8-19(9-7-12)13-3-4-13/h2,5,10,12-13H,3-4,6-9H2,1H3,(H,18,20). The normalized spacial score (nSPS) is 20.9. The van der Waals surface area contributed by atoms with Crippen molar-refractivity contribution in [1.82, 2.24) is 10.2 Å². The number of hydrogen-bond acceptors (Lipinski definition) is 2. The van der Waals surface area contributed by atoms with Crippen LogP contribution in [0.2, 0.25) is 0 Å². The Kier molecular flexibility index (Phi) is 4.13. The monoisotopic (exact) mass is 336 g/mol. The maximum absolute atomic E-state index is 12.4. The van der Waals surface area contributed by atoms with Crippen molar-refractivity contribution in [1.29, 1.82) is 0 Å². The van der Waals surface area contributed by atoms with Crippen LogP contribution in [-0.2, 0) is 0 Å². The van der Waals surface area contributed by atoms with E-state index in [1.807, 2.05) is 25.1 Å². The Morgan fingerprint density at radius 2 is 1.95 bits per heavy atom. The van der Waals surface area contributed by atoms with Crippen LogP contribution in [0.5, 0.6) is 0 Å². The number of carbonyl (C=O) groups is 1. The van der Waals surface area contributed by atoms with E-state index in [0.717, 1.165) is 47.6 Å². The molecule has 0 atom stereocenters. The molecule has 0 bridgehead atoms. The summed E-state index contributed by atoms with van der Waals surface area (Å²) in [5.41, 5.74) is 1.86. The van der Waals surface area contributed by atoms with Gasteiger partial charge in [-0.05, 0) is 60.7 Å². The van der Waals surface area contributed by atoms with Crippen molar-refractivity contribution < 1.29 is 4.79 Å². The van der Waals surface area contributed by atoms with Crippen LogP contribution in [0.1, 0.15) is 41.6 Å². The second-order valence-corrected chi connectivity index (χ2v) is 6.85. The lowest BCUT2D eigenvalue weighted by molar-refractivity contribution is 0.0908. The van der Waals surface area contributed by atoms with Gasteiger partial charge in [0.15, 0.2) is 0 Å². The Bertz CT molecular complexity index is 505. The minimum absolute atomic E-state index is 0.0467. The predicted molar refractivity (Wildman–Crippen MR) is 84.0 cm³/mol. The first-order chi connectivity index (χ1) is 9.63. The van der Waals surface area contributed by atoms with Gasteiger partial charge in [0.25, 0.3) is 5.91 Å². The molecule has 0 spiro atoms. The quantitative estimate of drug-likeness (QED) is 0.919. The third kappa shape index (κ3) is 3.23. The minimum atomic E-state index is 0.0467. The summed E-state index contributed by atoms with van der Waals surface area (Å²) in [7, 11) is 0. The fourth-order valence-corrected chi connectivity index (χ4v) is 3.35. The molecule has 1 aromatic carbocycles. The second-order valence-electron chi connectivity index (χ2n) is 6.00. The van der Waals surface area contributed by atoms with E-state index in [1.165, 1.54) is 12.8 Å². The molecule has 3 nitrogen and oxygen atoms in total. The van der Waals surface area contributed by atoms with Crippen LogP contribution in [0.4, 0.5) is 0 Å². The molecule has 0 radical (unpaired) electrons. The fraction of sp³-hybridized carbons (Fsp3) is 0.562. The Balaban J connectivity index is 1.57. The van der Waals surface area contributed by atoms with E-state index in [1.54, 1.807) is 0 Å². The van der Waals surface area contributed by atoms with Crippen molar-refractivity contribution >= 4 is 21.8 Å². The van der Waals surface area contributed by atoms with Crippen molar-refractivity contribution in [2.75, 3.05) is 13.1 Å². The summed E-state index contributed by atoms with van der Waals surface area (Å²) < 4.78 is 0.871. The maximum atomic E-state index is 12.4. The highest BCUT2D eigenvalue weighted by Crippen LogP contribution is 2.29. The lowest BCUT2D eigenvalue weighted by Crippen LogP contribution is -2.45. The SMILES string of the molecule is Cc1ccc(Br)c(C(=O)NC2CCN(C3CC3)CC2)c1. The number of nitrogens with one attached hydrogen (secondary N) is 1. The molecule has 4 heteroatoms. The molecular weight excluding hydrogens is 316 g/mol. The first-order valence-corrected chi connectivity index (χ1v) is 8.24. The molecule has 0 aromatic heterocycles. The van der Waals surface area contributed by atoms with Gasteiger partial charge in [0, 0.05) is 29.6 Å². The summed E-state index contributed by atoms with van der Waals surface area (Å²) in [4.78, 5) is 14.9. The van der Waals surface area contributed by atoms with Crippen LogP contribution in [0.3, 0.4) is 0 Å². The van der Waals surface area contributed by atoms with Crippen molar-refractivity contribution in [3.05, 3.63) is 33.8 Å². The Labute approximate surface area is 128 Å². The predicted octanol–water partition coefficient (Wildman–Crippen LogP) is 3.11. The number of rotatable bonds is 3. The Hall–Kier alpha value is -0.870. The number of hydrogen-bond donors (Lipinski definition) is 1. The van der Waals surface area contributed by atoms with Gasteiger partial charge in [-0.25, -0.2) is 0 Å². The Morgan fingerprint density at radius 1 is 1.25 bits per heavy atom. The van der Waals surface area contributed by atoms with Crippen molar-refractivity contribution in [2.45, 2.75) is 44.7 Å². The molecule has 2 fully saturated rings. The average Bonchev–Trinajstić information content (AvgIpc) is 3.27. The summed E-state index contributed by atoms with van der Waals surface area (Å²) in [6, 6.07) is 7.07. The number of likely N-dealkylation sites (tertiary alicyclic amines) is 1. The molecule has 1 heterocycles.